The maximum Gasteiger partial charge on any atom is 0.433 e. The van der Waals surface area contributed by atoms with Crippen molar-refractivity contribution >= 4 is 17.5 Å². The molecule has 1 aromatic rings. The first kappa shape index (κ1) is 18.0. The Hall–Kier alpha value is -2.32. The van der Waals surface area contributed by atoms with Crippen LogP contribution in [0.15, 0.2) is 29.3 Å². The van der Waals surface area contributed by atoms with E-state index in [2.05, 4.69) is 15.6 Å². The number of nitrogens with zero attached hydrogens (tertiary/aromatic N) is 2. The lowest BCUT2D eigenvalue weighted by Gasteiger charge is -2.21. The van der Waals surface area contributed by atoms with E-state index in [1.54, 1.807) is 12.1 Å². The molecule has 24 heavy (non-hydrogen) atoms. The third kappa shape index (κ3) is 4.84. The quantitative estimate of drug-likeness (QED) is 0.467. The predicted molar refractivity (Wildman–Crippen MR) is 90.2 cm³/mol. The zero-order chi connectivity index (χ0) is 17.5. The molecule has 1 amide bonds. The Kier molecular flexibility index (Phi) is 6.39. The van der Waals surface area contributed by atoms with Crippen LogP contribution in [0.25, 0.3) is 0 Å². The van der Waals surface area contributed by atoms with E-state index in [0.717, 1.165) is 19.5 Å². The van der Waals surface area contributed by atoms with Crippen LogP contribution >= 0.6 is 0 Å². The van der Waals surface area contributed by atoms with E-state index >= 15 is 0 Å². The summed E-state index contributed by atoms with van der Waals surface area (Å²) in [5, 5.41) is 17.1. The highest BCUT2D eigenvalue weighted by Crippen LogP contribution is 2.15. The molecule has 0 bridgehead atoms. The summed E-state index contributed by atoms with van der Waals surface area (Å²) in [6, 6.07) is 5.90. The van der Waals surface area contributed by atoms with Crippen LogP contribution in [0, 0.1) is 16.0 Å². The Bertz CT molecular complexity index is 609. The van der Waals surface area contributed by atoms with E-state index in [4.69, 9.17) is 4.74 Å². The number of amides is 1. The third-order valence-electron chi connectivity index (χ3n) is 4.11. The summed E-state index contributed by atoms with van der Waals surface area (Å²) in [7, 11) is 1.85. The second-order valence-electron chi connectivity index (χ2n) is 5.75. The molecule has 0 radical (unpaired) electrons. The molecule has 2 rings (SSSR count). The average molecular weight is 334 g/mol. The first-order chi connectivity index (χ1) is 11.5. The minimum atomic E-state index is -0.656. The van der Waals surface area contributed by atoms with Crippen LogP contribution in [0.2, 0.25) is 0 Å². The summed E-state index contributed by atoms with van der Waals surface area (Å²) in [4.78, 5) is 26.0. The van der Waals surface area contributed by atoms with E-state index in [0.29, 0.717) is 17.2 Å². The second-order valence-corrected chi connectivity index (χ2v) is 5.75. The third-order valence-corrected chi connectivity index (χ3v) is 4.11. The van der Waals surface area contributed by atoms with Crippen molar-refractivity contribution in [3.63, 3.8) is 0 Å². The molecule has 0 aromatic heterocycles. The number of aliphatic imine (C=N–C) groups is 1. The highest BCUT2D eigenvalue weighted by molar-refractivity contribution is 5.95. The van der Waals surface area contributed by atoms with E-state index in [-0.39, 0.29) is 18.3 Å². The summed E-state index contributed by atoms with van der Waals surface area (Å²) in [6.45, 7) is 3.71. The molecule has 1 aliphatic heterocycles. The molecule has 2 atom stereocenters. The maximum absolute atomic E-state index is 11.9. The van der Waals surface area contributed by atoms with Gasteiger partial charge in [0.15, 0.2) is 0 Å². The Morgan fingerprint density at radius 1 is 1.50 bits per heavy atom. The van der Waals surface area contributed by atoms with Crippen molar-refractivity contribution in [1.82, 2.24) is 10.6 Å². The SMILES string of the molecule is CNC(C(C)=NC(=O)OCc1ccc([N+](=O)[O-])cc1)[C@H]1CCNC1. The number of ether oxygens (including phenoxy) is 1. The number of carbonyl (C=O) groups is 1. The summed E-state index contributed by atoms with van der Waals surface area (Å²) < 4.78 is 5.12. The molecule has 1 fully saturated rings. The van der Waals surface area contributed by atoms with Gasteiger partial charge in [-0.2, -0.15) is 4.99 Å². The summed E-state index contributed by atoms with van der Waals surface area (Å²) >= 11 is 0. The van der Waals surface area contributed by atoms with Gasteiger partial charge in [0.2, 0.25) is 0 Å². The first-order valence-corrected chi connectivity index (χ1v) is 7.84. The summed E-state index contributed by atoms with van der Waals surface area (Å²) in [5.74, 6) is 0.404. The van der Waals surface area contributed by atoms with Gasteiger partial charge in [0.25, 0.3) is 5.69 Å². The number of benzene rings is 1. The summed E-state index contributed by atoms with van der Waals surface area (Å²) in [6.07, 6.45) is 0.382. The van der Waals surface area contributed by atoms with Crippen molar-refractivity contribution in [2.75, 3.05) is 20.1 Å². The number of carbonyl (C=O) groups excluding carboxylic acids is 1. The average Bonchev–Trinajstić information content (AvgIpc) is 3.08. The monoisotopic (exact) mass is 334 g/mol. The molecule has 8 heteroatoms. The van der Waals surface area contributed by atoms with Crippen molar-refractivity contribution in [2.24, 2.45) is 10.9 Å². The number of non-ortho nitro benzene ring substituents is 1. The van der Waals surface area contributed by atoms with Crippen molar-refractivity contribution in [3.05, 3.63) is 39.9 Å². The lowest BCUT2D eigenvalue weighted by molar-refractivity contribution is -0.384. The fourth-order valence-corrected chi connectivity index (χ4v) is 2.85. The lowest BCUT2D eigenvalue weighted by atomic mass is 9.95. The highest BCUT2D eigenvalue weighted by Gasteiger charge is 2.26. The highest BCUT2D eigenvalue weighted by atomic mass is 16.6. The molecule has 1 aliphatic rings. The van der Waals surface area contributed by atoms with Gasteiger partial charge in [-0.15, -0.1) is 0 Å². The van der Waals surface area contributed by atoms with Gasteiger partial charge in [-0.1, -0.05) is 0 Å². The molecule has 0 spiro atoms. The van der Waals surface area contributed by atoms with Crippen LogP contribution in [0.3, 0.4) is 0 Å². The number of nitrogens with one attached hydrogen (secondary N) is 2. The van der Waals surface area contributed by atoms with E-state index in [1.165, 1.54) is 12.1 Å². The number of nitro benzene ring substituents is 1. The molecule has 0 saturated carbocycles. The molecule has 8 nitrogen and oxygen atoms in total. The number of hydrogen-bond donors (Lipinski definition) is 2. The van der Waals surface area contributed by atoms with Crippen LogP contribution < -0.4 is 10.6 Å². The van der Waals surface area contributed by atoms with Crippen molar-refractivity contribution in [1.29, 1.82) is 0 Å². The second kappa shape index (κ2) is 8.51. The number of nitro groups is 1. The zero-order valence-corrected chi connectivity index (χ0v) is 13.8. The molecule has 1 unspecified atom stereocenters. The Morgan fingerprint density at radius 3 is 2.75 bits per heavy atom. The van der Waals surface area contributed by atoms with Crippen LogP contribution in [0.5, 0.6) is 0 Å². The van der Waals surface area contributed by atoms with Gasteiger partial charge < -0.3 is 15.4 Å². The molecule has 130 valence electrons. The minimum absolute atomic E-state index is 0.000904. The van der Waals surface area contributed by atoms with Gasteiger partial charge in [-0.25, -0.2) is 4.79 Å². The topological polar surface area (TPSA) is 106 Å². The molecule has 0 aliphatic carbocycles. The fraction of sp³-hybridized carbons (Fsp3) is 0.500. The van der Waals surface area contributed by atoms with Gasteiger partial charge in [0, 0.05) is 23.9 Å². The largest absolute Gasteiger partial charge is 0.443 e. The Balaban J connectivity index is 1.90. The Morgan fingerprint density at radius 2 is 2.21 bits per heavy atom. The van der Waals surface area contributed by atoms with Crippen LogP contribution in [-0.2, 0) is 11.3 Å². The van der Waals surface area contributed by atoms with Crippen LogP contribution in [0.4, 0.5) is 10.5 Å². The standard InChI is InChI=1S/C16H22N4O4/c1-11(15(17-2)13-7-8-18-9-13)19-16(21)24-10-12-3-5-14(6-4-12)20(22)23/h3-6,13,15,17-18H,7-10H2,1-2H3/t13-,15?/m0/s1. The number of hydrogen-bond acceptors (Lipinski definition) is 6. The van der Waals surface area contributed by atoms with Gasteiger partial charge in [0.05, 0.1) is 4.92 Å². The van der Waals surface area contributed by atoms with Crippen molar-refractivity contribution < 1.29 is 14.5 Å². The van der Waals surface area contributed by atoms with Gasteiger partial charge in [0.1, 0.15) is 6.61 Å². The molecular weight excluding hydrogens is 312 g/mol. The van der Waals surface area contributed by atoms with Gasteiger partial charge in [-0.05, 0) is 57.1 Å². The van der Waals surface area contributed by atoms with Gasteiger partial charge >= 0.3 is 6.09 Å². The molecular formula is C16H22N4O4. The Labute approximate surface area is 140 Å². The van der Waals surface area contributed by atoms with Crippen molar-refractivity contribution in [2.45, 2.75) is 26.0 Å². The number of rotatable bonds is 6. The zero-order valence-electron chi connectivity index (χ0n) is 13.8. The summed E-state index contributed by atoms with van der Waals surface area (Å²) in [5.41, 5.74) is 1.37. The normalized spacial score (nSPS) is 19.1. The van der Waals surface area contributed by atoms with E-state index < -0.39 is 11.0 Å². The molecule has 1 saturated heterocycles. The lowest BCUT2D eigenvalue weighted by Crippen LogP contribution is -2.41. The minimum Gasteiger partial charge on any atom is -0.443 e. The van der Waals surface area contributed by atoms with E-state index in [9.17, 15) is 14.9 Å². The van der Waals surface area contributed by atoms with Crippen molar-refractivity contribution in [3.8, 4) is 0 Å². The van der Waals surface area contributed by atoms with Crippen LogP contribution in [-0.4, -0.2) is 42.9 Å². The van der Waals surface area contributed by atoms with E-state index in [1.807, 2.05) is 14.0 Å². The molecule has 2 N–H and O–H groups in total. The van der Waals surface area contributed by atoms with Crippen LogP contribution in [0.1, 0.15) is 18.9 Å². The van der Waals surface area contributed by atoms with Gasteiger partial charge in [-0.3, -0.25) is 10.1 Å². The first-order valence-electron chi connectivity index (χ1n) is 7.84. The predicted octanol–water partition coefficient (Wildman–Crippen LogP) is 1.89. The molecule has 1 heterocycles. The smallest absolute Gasteiger partial charge is 0.433 e. The maximum atomic E-state index is 11.9. The fourth-order valence-electron chi connectivity index (χ4n) is 2.85. The molecule has 1 aromatic carbocycles.